The van der Waals surface area contributed by atoms with Crippen molar-refractivity contribution in [1.82, 2.24) is 9.78 Å². The molecule has 0 spiro atoms. The number of aliphatic carboxylic acids is 1. The molecule has 1 N–H and O–H groups in total. The fourth-order valence-corrected chi connectivity index (χ4v) is 1.99. The van der Waals surface area contributed by atoms with Gasteiger partial charge in [0.25, 0.3) is 5.91 Å². The van der Waals surface area contributed by atoms with Gasteiger partial charge in [-0.05, 0) is 37.5 Å². The summed E-state index contributed by atoms with van der Waals surface area (Å²) in [5.41, 5.74) is 1.59. The molecule has 7 nitrogen and oxygen atoms in total. The van der Waals surface area contributed by atoms with Crippen molar-refractivity contribution >= 4 is 17.6 Å². The van der Waals surface area contributed by atoms with Crippen LogP contribution in [0, 0.1) is 6.92 Å². The molecule has 0 aliphatic rings. The molecule has 0 radical (unpaired) electrons. The molecule has 23 heavy (non-hydrogen) atoms. The van der Waals surface area contributed by atoms with Gasteiger partial charge in [-0.2, -0.15) is 5.10 Å². The Morgan fingerprint density at radius 2 is 2.22 bits per heavy atom. The van der Waals surface area contributed by atoms with Gasteiger partial charge in [0.15, 0.2) is 6.61 Å². The number of hydrogen-bond acceptors (Lipinski definition) is 5. The Labute approximate surface area is 133 Å². The zero-order valence-corrected chi connectivity index (χ0v) is 12.8. The maximum absolute atomic E-state index is 11.8. The Bertz CT molecular complexity index is 681. The van der Waals surface area contributed by atoms with E-state index in [4.69, 9.17) is 4.74 Å². The maximum Gasteiger partial charge on any atom is 0.262 e. The Balaban J connectivity index is 1.77. The number of nitrogens with zero attached hydrogens (tertiary/aromatic N) is 2. The molecular formula is C16H18N3O4-. The van der Waals surface area contributed by atoms with E-state index in [2.05, 4.69) is 10.4 Å². The normalized spacial score (nSPS) is 10.3. The smallest absolute Gasteiger partial charge is 0.262 e. The van der Waals surface area contributed by atoms with Crippen molar-refractivity contribution in [2.24, 2.45) is 0 Å². The van der Waals surface area contributed by atoms with E-state index in [1.165, 1.54) is 6.20 Å². The van der Waals surface area contributed by atoms with Crippen LogP contribution in [0.3, 0.4) is 0 Å². The van der Waals surface area contributed by atoms with E-state index in [-0.39, 0.29) is 18.9 Å². The van der Waals surface area contributed by atoms with Crippen LogP contribution < -0.4 is 15.2 Å². The second kappa shape index (κ2) is 7.98. The molecule has 0 saturated carbocycles. The molecule has 1 aromatic carbocycles. The lowest BCUT2D eigenvalue weighted by Gasteiger charge is -2.06. The van der Waals surface area contributed by atoms with Gasteiger partial charge < -0.3 is 20.0 Å². The number of amides is 1. The first-order valence-corrected chi connectivity index (χ1v) is 7.24. The second-order valence-corrected chi connectivity index (χ2v) is 5.12. The minimum absolute atomic E-state index is 0.0219. The molecular weight excluding hydrogens is 298 g/mol. The summed E-state index contributed by atoms with van der Waals surface area (Å²) in [6.07, 6.45) is 3.54. The Kier molecular flexibility index (Phi) is 5.74. The van der Waals surface area contributed by atoms with Crippen LogP contribution in [0.1, 0.15) is 18.4 Å². The highest BCUT2D eigenvalue weighted by Gasteiger charge is 2.06. The predicted molar refractivity (Wildman–Crippen MR) is 81.8 cm³/mol. The van der Waals surface area contributed by atoms with Gasteiger partial charge in [0.1, 0.15) is 5.75 Å². The number of hydrogen-bond donors (Lipinski definition) is 1. The van der Waals surface area contributed by atoms with Gasteiger partial charge in [-0.3, -0.25) is 9.48 Å². The van der Waals surface area contributed by atoms with Gasteiger partial charge in [0.05, 0.1) is 11.9 Å². The highest BCUT2D eigenvalue weighted by Crippen LogP contribution is 2.12. The monoisotopic (exact) mass is 316 g/mol. The van der Waals surface area contributed by atoms with Crippen LogP contribution in [-0.4, -0.2) is 28.3 Å². The summed E-state index contributed by atoms with van der Waals surface area (Å²) in [5.74, 6) is -0.738. The van der Waals surface area contributed by atoms with Gasteiger partial charge in [0, 0.05) is 18.7 Å². The maximum atomic E-state index is 11.8. The van der Waals surface area contributed by atoms with Crippen LogP contribution in [0.25, 0.3) is 0 Å². The number of anilines is 1. The number of rotatable bonds is 8. The van der Waals surface area contributed by atoms with Crippen LogP contribution in [0.2, 0.25) is 0 Å². The number of aryl methyl sites for hydroxylation is 2. The molecule has 1 aromatic heterocycles. The quantitative estimate of drug-likeness (QED) is 0.775. The molecule has 0 aliphatic carbocycles. The molecule has 0 fully saturated rings. The molecule has 122 valence electrons. The minimum Gasteiger partial charge on any atom is -0.550 e. The summed E-state index contributed by atoms with van der Waals surface area (Å²) < 4.78 is 6.98. The third-order valence-corrected chi connectivity index (χ3v) is 3.04. The lowest BCUT2D eigenvalue weighted by atomic mass is 10.2. The van der Waals surface area contributed by atoms with E-state index in [0.717, 1.165) is 5.56 Å². The van der Waals surface area contributed by atoms with E-state index in [1.807, 2.05) is 25.1 Å². The summed E-state index contributed by atoms with van der Waals surface area (Å²) in [5, 5.41) is 17.1. The first-order valence-electron chi connectivity index (χ1n) is 7.24. The van der Waals surface area contributed by atoms with Gasteiger partial charge in [0.2, 0.25) is 0 Å². The van der Waals surface area contributed by atoms with Crippen molar-refractivity contribution in [3.05, 3.63) is 42.2 Å². The Hall–Kier alpha value is -2.83. The van der Waals surface area contributed by atoms with Gasteiger partial charge in [-0.15, -0.1) is 0 Å². The molecule has 0 aliphatic heterocycles. The number of aromatic nitrogens is 2. The second-order valence-electron chi connectivity index (χ2n) is 5.12. The van der Waals surface area contributed by atoms with Crippen LogP contribution in [0.15, 0.2) is 36.7 Å². The fourth-order valence-electron chi connectivity index (χ4n) is 1.99. The molecule has 2 rings (SSSR count). The summed E-state index contributed by atoms with van der Waals surface area (Å²) in [6, 6.07) is 7.44. The number of carboxylic acids is 1. The summed E-state index contributed by atoms with van der Waals surface area (Å²) in [4.78, 5) is 22.2. The summed E-state index contributed by atoms with van der Waals surface area (Å²) >= 11 is 0. The SMILES string of the molecule is Cc1cccc(OCC(=O)Nc2cnn(CCCC(=O)[O-])c2)c1. The van der Waals surface area contributed by atoms with Crippen LogP contribution in [-0.2, 0) is 16.1 Å². The molecule has 1 heterocycles. The summed E-state index contributed by atoms with van der Waals surface area (Å²) in [6.45, 7) is 2.30. The van der Waals surface area contributed by atoms with Gasteiger partial charge in [-0.25, -0.2) is 0 Å². The highest BCUT2D eigenvalue weighted by atomic mass is 16.5. The molecule has 1 amide bonds. The van der Waals surface area contributed by atoms with Crippen molar-refractivity contribution in [2.75, 3.05) is 11.9 Å². The molecule has 2 aromatic rings. The topological polar surface area (TPSA) is 96.3 Å². The van der Waals surface area contributed by atoms with Crippen LogP contribution >= 0.6 is 0 Å². The third kappa shape index (κ3) is 5.82. The van der Waals surface area contributed by atoms with Crippen molar-refractivity contribution in [2.45, 2.75) is 26.3 Å². The van der Waals surface area contributed by atoms with Crippen molar-refractivity contribution in [1.29, 1.82) is 0 Å². The van der Waals surface area contributed by atoms with Crippen molar-refractivity contribution in [3.8, 4) is 5.75 Å². The van der Waals surface area contributed by atoms with Crippen LogP contribution in [0.5, 0.6) is 5.75 Å². The number of carboxylic acid groups (broad SMARTS) is 1. The number of benzene rings is 1. The van der Waals surface area contributed by atoms with Crippen molar-refractivity contribution < 1.29 is 19.4 Å². The largest absolute Gasteiger partial charge is 0.550 e. The van der Waals surface area contributed by atoms with E-state index in [9.17, 15) is 14.7 Å². The first-order chi connectivity index (χ1) is 11.0. The van der Waals surface area contributed by atoms with Crippen LogP contribution in [0.4, 0.5) is 5.69 Å². The highest BCUT2D eigenvalue weighted by molar-refractivity contribution is 5.91. The predicted octanol–water partition coefficient (Wildman–Crippen LogP) is 0.739. The van der Waals surface area contributed by atoms with E-state index in [1.54, 1.807) is 16.9 Å². The lowest BCUT2D eigenvalue weighted by Crippen LogP contribution is -2.22. The minimum atomic E-state index is -1.08. The number of carbonyl (C=O) groups is 2. The van der Waals surface area contributed by atoms with E-state index in [0.29, 0.717) is 24.4 Å². The first kappa shape index (κ1) is 16.5. The average molecular weight is 316 g/mol. The molecule has 0 bridgehead atoms. The number of carbonyl (C=O) groups excluding carboxylic acids is 2. The molecule has 0 atom stereocenters. The Morgan fingerprint density at radius 1 is 1.39 bits per heavy atom. The number of ether oxygens (including phenoxy) is 1. The van der Waals surface area contributed by atoms with E-state index < -0.39 is 5.97 Å². The standard InChI is InChI=1S/C16H19N3O4/c1-12-4-2-5-14(8-12)23-11-15(20)18-13-9-17-19(10-13)7-3-6-16(21)22/h2,4-5,8-10H,3,6-7,11H2,1H3,(H,18,20)(H,21,22)/p-1. The molecule has 0 saturated heterocycles. The van der Waals surface area contributed by atoms with E-state index >= 15 is 0 Å². The molecule has 7 heteroatoms. The third-order valence-electron chi connectivity index (χ3n) is 3.04. The zero-order chi connectivity index (χ0) is 16.7. The number of nitrogens with one attached hydrogen (secondary N) is 1. The van der Waals surface area contributed by atoms with Gasteiger partial charge >= 0.3 is 0 Å². The zero-order valence-electron chi connectivity index (χ0n) is 12.8. The lowest BCUT2D eigenvalue weighted by molar-refractivity contribution is -0.305. The van der Waals surface area contributed by atoms with Gasteiger partial charge in [-0.1, -0.05) is 12.1 Å². The Morgan fingerprint density at radius 3 is 2.96 bits per heavy atom. The average Bonchev–Trinajstić information content (AvgIpc) is 2.92. The van der Waals surface area contributed by atoms with Crippen molar-refractivity contribution in [3.63, 3.8) is 0 Å². The fraction of sp³-hybridized carbons (Fsp3) is 0.312. The molecule has 0 unspecified atom stereocenters. The summed E-state index contributed by atoms with van der Waals surface area (Å²) in [7, 11) is 0.